The molecule has 3 nitrogen and oxygen atoms in total. The molecule has 1 heterocycles. The second-order valence-electron chi connectivity index (χ2n) is 3.53. The topological polar surface area (TPSA) is 39.2 Å². The molecule has 2 rings (SSSR count). The van der Waals surface area contributed by atoms with Crippen molar-refractivity contribution in [2.45, 2.75) is 6.61 Å². The zero-order valence-corrected chi connectivity index (χ0v) is 10.0. The lowest BCUT2D eigenvalue weighted by Crippen LogP contribution is -2.07. The first kappa shape index (κ1) is 12.5. The lowest BCUT2D eigenvalue weighted by molar-refractivity contribution is 0.0462. The minimum atomic E-state index is -0.593. The van der Waals surface area contributed by atoms with Gasteiger partial charge in [-0.05, 0) is 24.3 Å². The molecule has 0 N–H and O–H groups in total. The number of halogens is 2. The second-order valence-corrected chi connectivity index (χ2v) is 3.96. The Hall–Kier alpha value is -1.94. The highest BCUT2D eigenvalue weighted by molar-refractivity contribution is 6.30. The maximum atomic E-state index is 13.4. The Balaban J connectivity index is 2.02. The smallest absolute Gasteiger partial charge is 0.357 e. The number of rotatable bonds is 3. The highest BCUT2D eigenvalue weighted by Crippen LogP contribution is 2.15. The van der Waals surface area contributed by atoms with Crippen LogP contribution in [0.25, 0.3) is 0 Å². The van der Waals surface area contributed by atoms with Crippen molar-refractivity contribution in [2.75, 3.05) is 0 Å². The lowest BCUT2D eigenvalue weighted by atomic mass is 10.2. The number of carbonyl (C=O) groups excluding carboxylic acids is 1. The number of hydrogen-bond donors (Lipinski definition) is 0. The van der Waals surface area contributed by atoms with E-state index in [0.717, 1.165) is 0 Å². The quantitative estimate of drug-likeness (QED) is 0.800. The zero-order chi connectivity index (χ0) is 13.0. The predicted molar refractivity (Wildman–Crippen MR) is 64.8 cm³/mol. The van der Waals surface area contributed by atoms with Crippen molar-refractivity contribution in [3.63, 3.8) is 0 Å². The van der Waals surface area contributed by atoms with Crippen LogP contribution in [-0.2, 0) is 11.3 Å². The van der Waals surface area contributed by atoms with Crippen LogP contribution in [-0.4, -0.2) is 11.0 Å². The van der Waals surface area contributed by atoms with Crippen LogP contribution in [0.1, 0.15) is 16.1 Å². The van der Waals surface area contributed by atoms with Gasteiger partial charge < -0.3 is 4.74 Å². The second kappa shape index (κ2) is 5.60. The molecule has 18 heavy (non-hydrogen) atoms. The normalized spacial score (nSPS) is 10.1. The van der Waals surface area contributed by atoms with E-state index >= 15 is 0 Å². The van der Waals surface area contributed by atoms with Crippen molar-refractivity contribution in [1.29, 1.82) is 0 Å². The van der Waals surface area contributed by atoms with Gasteiger partial charge in [-0.25, -0.2) is 14.2 Å². The van der Waals surface area contributed by atoms with Crippen molar-refractivity contribution in [3.8, 4) is 0 Å². The molecule has 5 heteroatoms. The first-order chi connectivity index (χ1) is 8.66. The van der Waals surface area contributed by atoms with Gasteiger partial charge in [0.15, 0.2) is 0 Å². The van der Waals surface area contributed by atoms with E-state index in [0.29, 0.717) is 5.02 Å². The summed E-state index contributed by atoms with van der Waals surface area (Å²) in [5, 5.41) is 0.298. The van der Waals surface area contributed by atoms with Crippen molar-refractivity contribution < 1.29 is 13.9 Å². The van der Waals surface area contributed by atoms with E-state index in [9.17, 15) is 9.18 Å². The molecule has 0 fully saturated rings. The van der Waals surface area contributed by atoms with E-state index in [1.54, 1.807) is 12.1 Å². The number of nitrogens with zero attached hydrogens (tertiary/aromatic N) is 1. The molecule has 0 saturated carbocycles. The molecule has 0 bridgehead atoms. The first-order valence-electron chi connectivity index (χ1n) is 5.19. The Morgan fingerprint density at radius 1 is 1.33 bits per heavy atom. The van der Waals surface area contributed by atoms with Crippen molar-refractivity contribution >= 4 is 17.6 Å². The summed E-state index contributed by atoms with van der Waals surface area (Å²) in [6.07, 6.45) is 1.49. The van der Waals surface area contributed by atoms with E-state index in [1.165, 1.54) is 30.5 Å². The molecule has 0 amide bonds. The fourth-order valence-corrected chi connectivity index (χ4v) is 1.50. The average molecular weight is 266 g/mol. The number of esters is 1. The standard InChI is InChI=1S/C13H9ClFNO2/c14-10-5-4-9(11(15)7-10)8-18-13(17)12-3-1-2-6-16-12/h1-7H,8H2. The first-order valence-corrected chi connectivity index (χ1v) is 5.56. The summed E-state index contributed by atoms with van der Waals surface area (Å²) in [5.74, 6) is -1.10. The summed E-state index contributed by atoms with van der Waals surface area (Å²) >= 11 is 5.62. The van der Waals surface area contributed by atoms with Gasteiger partial charge in [0, 0.05) is 16.8 Å². The molecule has 0 aliphatic carbocycles. The maximum Gasteiger partial charge on any atom is 0.357 e. The molecule has 92 valence electrons. The van der Waals surface area contributed by atoms with Crippen LogP contribution in [0, 0.1) is 5.82 Å². The van der Waals surface area contributed by atoms with Crippen molar-refractivity contribution in [1.82, 2.24) is 4.98 Å². The van der Waals surface area contributed by atoms with E-state index in [4.69, 9.17) is 16.3 Å². The van der Waals surface area contributed by atoms with Gasteiger partial charge in [-0.3, -0.25) is 0 Å². The third kappa shape index (κ3) is 3.05. The molecule has 0 aliphatic heterocycles. The van der Waals surface area contributed by atoms with Crippen LogP contribution in [0.15, 0.2) is 42.6 Å². The molecule has 0 aliphatic rings. The molecule has 1 aromatic heterocycles. The highest BCUT2D eigenvalue weighted by Gasteiger charge is 2.10. The molecule has 1 aromatic carbocycles. The van der Waals surface area contributed by atoms with E-state index in [-0.39, 0.29) is 17.9 Å². The van der Waals surface area contributed by atoms with E-state index in [2.05, 4.69) is 4.98 Å². The third-order valence-corrected chi connectivity index (χ3v) is 2.48. The fraction of sp³-hybridized carbons (Fsp3) is 0.0769. The highest BCUT2D eigenvalue weighted by atomic mass is 35.5. The summed E-state index contributed by atoms with van der Waals surface area (Å²) in [4.78, 5) is 15.4. The Labute approximate surface area is 108 Å². The minimum absolute atomic E-state index is 0.154. The summed E-state index contributed by atoms with van der Waals surface area (Å²) in [5.41, 5.74) is 0.454. The van der Waals surface area contributed by atoms with Gasteiger partial charge in [0.05, 0.1) is 0 Å². The molecular weight excluding hydrogens is 257 g/mol. The number of aromatic nitrogens is 1. The molecular formula is C13H9ClFNO2. The monoisotopic (exact) mass is 265 g/mol. The zero-order valence-electron chi connectivity index (χ0n) is 9.27. The van der Waals surface area contributed by atoms with Crippen LogP contribution in [0.2, 0.25) is 5.02 Å². The number of benzene rings is 1. The summed E-state index contributed by atoms with van der Waals surface area (Å²) in [6.45, 7) is -0.154. The maximum absolute atomic E-state index is 13.4. The van der Waals surface area contributed by atoms with Crippen LogP contribution in [0.5, 0.6) is 0 Å². The third-order valence-electron chi connectivity index (χ3n) is 2.25. The van der Waals surface area contributed by atoms with Crippen LogP contribution in [0.3, 0.4) is 0 Å². The molecule has 0 atom stereocenters. The summed E-state index contributed by atoms with van der Waals surface area (Å²) in [7, 11) is 0. The minimum Gasteiger partial charge on any atom is -0.456 e. The van der Waals surface area contributed by atoms with Gasteiger partial charge in [-0.2, -0.15) is 0 Å². The van der Waals surface area contributed by atoms with Crippen molar-refractivity contribution in [3.05, 3.63) is 64.7 Å². The van der Waals surface area contributed by atoms with Crippen LogP contribution >= 0.6 is 11.6 Å². The van der Waals surface area contributed by atoms with Gasteiger partial charge in [0.1, 0.15) is 18.1 Å². The predicted octanol–water partition coefficient (Wildman–Crippen LogP) is 3.23. The SMILES string of the molecule is O=C(OCc1ccc(Cl)cc1F)c1ccccn1. The lowest BCUT2D eigenvalue weighted by Gasteiger charge is -2.05. The van der Waals surface area contributed by atoms with Gasteiger partial charge in [-0.1, -0.05) is 23.7 Å². The average Bonchev–Trinajstić information content (AvgIpc) is 2.38. The van der Waals surface area contributed by atoms with Gasteiger partial charge >= 0.3 is 5.97 Å². The van der Waals surface area contributed by atoms with E-state index < -0.39 is 11.8 Å². The van der Waals surface area contributed by atoms with Crippen LogP contribution < -0.4 is 0 Å². The number of ether oxygens (including phenoxy) is 1. The van der Waals surface area contributed by atoms with Crippen molar-refractivity contribution in [2.24, 2.45) is 0 Å². The molecule has 2 aromatic rings. The van der Waals surface area contributed by atoms with Gasteiger partial charge in [0.2, 0.25) is 0 Å². The Kier molecular flexibility index (Phi) is 3.89. The molecule has 0 spiro atoms. The number of hydrogen-bond acceptors (Lipinski definition) is 3. The van der Waals surface area contributed by atoms with Gasteiger partial charge in [-0.15, -0.1) is 0 Å². The Bertz CT molecular complexity index is 560. The molecule has 0 unspecified atom stereocenters. The molecule has 0 saturated heterocycles. The number of pyridine rings is 1. The molecule has 0 radical (unpaired) electrons. The fourth-order valence-electron chi connectivity index (χ4n) is 1.34. The number of carbonyl (C=O) groups is 1. The van der Waals surface area contributed by atoms with E-state index in [1.807, 2.05) is 0 Å². The summed E-state index contributed by atoms with van der Waals surface area (Å²) < 4.78 is 18.4. The Morgan fingerprint density at radius 3 is 2.83 bits per heavy atom. The van der Waals surface area contributed by atoms with Gasteiger partial charge in [0.25, 0.3) is 0 Å². The van der Waals surface area contributed by atoms with Crippen LogP contribution in [0.4, 0.5) is 4.39 Å². The largest absolute Gasteiger partial charge is 0.456 e. The summed E-state index contributed by atoms with van der Waals surface area (Å²) in [6, 6.07) is 9.08. The Morgan fingerprint density at radius 2 is 2.17 bits per heavy atom.